The highest BCUT2D eigenvalue weighted by molar-refractivity contribution is 5.61. The van der Waals surface area contributed by atoms with E-state index in [1.165, 1.54) is 19.1 Å². The molecular weight excluding hydrogens is 235 g/mol. The third kappa shape index (κ3) is 2.25. The molecule has 0 aliphatic rings. The molecule has 1 N–H and O–H groups in total. The van der Waals surface area contributed by atoms with E-state index in [4.69, 9.17) is 4.42 Å². The van der Waals surface area contributed by atoms with Crippen LogP contribution in [0, 0.1) is 6.92 Å². The van der Waals surface area contributed by atoms with Crippen LogP contribution in [0.3, 0.4) is 0 Å². The van der Waals surface area contributed by atoms with Crippen molar-refractivity contribution >= 4 is 0 Å². The zero-order valence-electron chi connectivity index (χ0n) is 8.76. The van der Waals surface area contributed by atoms with E-state index >= 15 is 0 Å². The Morgan fingerprint density at radius 2 is 2.00 bits per heavy atom. The molecule has 0 saturated heterocycles. The minimum atomic E-state index is -4.41. The Kier molecular flexibility index (Phi) is 2.57. The molecule has 6 heteroatoms. The second kappa shape index (κ2) is 3.80. The van der Waals surface area contributed by atoms with Crippen LogP contribution in [-0.2, 0) is 6.18 Å². The van der Waals surface area contributed by atoms with Crippen LogP contribution in [0.5, 0.6) is 0 Å². The topological polar surface area (TPSA) is 46.0 Å². The molecule has 0 unspecified atom stereocenters. The summed E-state index contributed by atoms with van der Waals surface area (Å²) in [6.07, 6.45) is -4.41. The second-order valence-electron chi connectivity index (χ2n) is 3.52. The zero-order valence-corrected chi connectivity index (χ0v) is 8.76. The van der Waals surface area contributed by atoms with E-state index in [1.807, 2.05) is 0 Å². The van der Waals surface area contributed by atoms with Crippen molar-refractivity contribution in [3.8, 4) is 11.3 Å². The fourth-order valence-electron chi connectivity index (χ4n) is 1.53. The summed E-state index contributed by atoms with van der Waals surface area (Å²) in [7, 11) is 0. The van der Waals surface area contributed by atoms with Crippen molar-refractivity contribution in [2.24, 2.45) is 0 Å². The maximum absolute atomic E-state index is 12.5. The Hall–Kier alpha value is -1.98. The number of aromatic amines is 1. The van der Waals surface area contributed by atoms with Crippen molar-refractivity contribution in [1.82, 2.24) is 4.98 Å². The van der Waals surface area contributed by atoms with E-state index in [-0.39, 0.29) is 17.0 Å². The lowest BCUT2D eigenvalue weighted by Gasteiger charge is -2.07. The zero-order chi connectivity index (χ0) is 12.6. The third-order valence-corrected chi connectivity index (χ3v) is 2.30. The number of alkyl halides is 3. The molecule has 0 saturated carbocycles. The molecule has 0 radical (unpaired) electrons. The van der Waals surface area contributed by atoms with Crippen LogP contribution >= 0.6 is 0 Å². The van der Waals surface area contributed by atoms with Crippen LogP contribution in [-0.4, -0.2) is 4.98 Å². The standard InChI is InChI=1S/C11H8F3NO2/c1-6-9(15-10(16)17-6)7-3-2-4-8(5-7)11(12,13)14/h2-5H,1H3,(H,15,16). The Morgan fingerprint density at radius 3 is 2.53 bits per heavy atom. The first kappa shape index (κ1) is 11.5. The molecule has 90 valence electrons. The van der Waals surface area contributed by atoms with Crippen LogP contribution in [0.1, 0.15) is 11.3 Å². The van der Waals surface area contributed by atoms with Crippen molar-refractivity contribution < 1.29 is 17.6 Å². The number of hydrogen-bond acceptors (Lipinski definition) is 2. The van der Waals surface area contributed by atoms with Gasteiger partial charge in [-0.15, -0.1) is 0 Å². The van der Waals surface area contributed by atoms with E-state index in [9.17, 15) is 18.0 Å². The highest BCUT2D eigenvalue weighted by Crippen LogP contribution is 2.32. The Labute approximate surface area is 93.9 Å². The molecule has 1 aromatic heterocycles. The second-order valence-corrected chi connectivity index (χ2v) is 3.52. The number of rotatable bonds is 1. The maximum atomic E-state index is 12.5. The Bertz CT molecular complexity index is 595. The molecule has 0 spiro atoms. The first-order chi connectivity index (χ1) is 7.88. The molecule has 0 bridgehead atoms. The smallest absolute Gasteiger partial charge is 0.413 e. The molecule has 3 nitrogen and oxygen atoms in total. The average molecular weight is 243 g/mol. The number of nitrogens with one attached hydrogen (secondary N) is 1. The number of oxazole rings is 1. The highest BCUT2D eigenvalue weighted by atomic mass is 19.4. The van der Waals surface area contributed by atoms with Gasteiger partial charge in [0.05, 0.1) is 11.3 Å². The largest absolute Gasteiger partial charge is 0.416 e. The van der Waals surface area contributed by atoms with Crippen molar-refractivity contribution in [2.45, 2.75) is 13.1 Å². The van der Waals surface area contributed by atoms with E-state index in [0.717, 1.165) is 12.1 Å². The van der Waals surface area contributed by atoms with Gasteiger partial charge in [0.1, 0.15) is 5.76 Å². The van der Waals surface area contributed by atoms with Gasteiger partial charge in [-0.3, -0.25) is 4.98 Å². The fourth-order valence-corrected chi connectivity index (χ4v) is 1.53. The normalized spacial score (nSPS) is 11.8. The molecule has 2 rings (SSSR count). The van der Waals surface area contributed by atoms with Gasteiger partial charge in [-0.2, -0.15) is 13.2 Å². The summed E-state index contributed by atoms with van der Waals surface area (Å²) in [5, 5.41) is 0. The molecule has 17 heavy (non-hydrogen) atoms. The lowest BCUT2D eigenvalue weighted by Crippen LogP contribution is -2.04. The lowest BCUT2D eigenvalue weighted by molar-refractivity contribution is -0.137. The quantitative estimate of drug-likeness (QED) is 0.836. The van der Waals surface area contributed by atoms with Crippen LogP contribution in [0.25, 0.3) is 11.3 Å². The van der Waals surface area contributed by atoms with Crippen molar-refractivity contribution in [2.75, 3.05) is 0 Å². The van der Waals surface area contributed by atoms with Crippen LogP contribution in [0.4, 0.5) is 13.2 Å². The summed E-state index contributed by atoms with van der Waals surface area (Å²) in [5.74, 6) is -0.427. The van der Waals surface area contributed by atoms with Gasteiger partial charge in [0.25, 0.3) is 0 Å². The molecule has 2 aromatic rings. The number of hydrogen-bond donors (Lipinski definition) is 1. The predicted octanol–water partition coefficient (Wildman–Crippen LogP) is 2.96. The van der Waals surface area contributed by atoms with Crippen molar-refractivity contribution in [3.63, 3.8) is 0 Å². The monoisotopic (exact) mass is 243 g/mol. The molecule has 0 aliphatic heterocycles. The number of benzene rings is 1. The fraction of sp³-hybridized carbons (Fsp3) is 0.182. The van der Waals surface area contributed by atoms with Crippen molar-refractivity contribution in [3.05, 3.63) is 46.1 Å². The molecule has 0 atom stereocenters. The molecular formula is C11H8F3NO2. The summed E-state index contributed by atoms with van der Waals surface area (Å²) < 4.78 is 42.2. The van der Waals surface area contributed by atoms with E-state index in [1.54, 1.807) is 0 Å². The number of aromatic nitrogens is 1. The minimum Gasteiger partial charge on any atom is -0.413 e. The molecule has 0 amide bonds. The SMILES string of the molecule is Cc1oc(=O)[nH]c1-c1cccc(C(F)(F)F)c1. The van der Waals surface area contributed by atoms with Crippen LogP contribution in [0.15, 0.2) is 33.5 Å². The lowest BCUT2D eigenvalue weighted by atomic mass is 10.1. The van der Waals surface area contributed by atoms with Gasteiger partial charge >= 0.3 is 11.9 Å². The van der Waals surface area contributed by atoms with Gasteiger partial charge in [0.2, 0.25) is 0 Å². The van der Waals surface area contributed by atoms with Crippen LogP contribution < -0.4 is 5.76 Å². The summed E-state index contributed by atoms with van der Waals surface area (Å²) in [6.45, 7) is 1.51. The van der Waals surface area contributed by atoms with Gasteiger partial charge < -0.3 is 4.42 Å². The van der Waals surface area contributed by atoms with E-state index in [2.05, 4.69) is 4.98 Å². The molecule has 1 aromatic carbocycles. The highest BCUT2D eigenvalue weighted by Gasteiger charge is 2.30. The third-order valence-electron chi connectivity index (χ3n) is 2.30. The first-order valence-corrected chi connectivity index (χ1v) is 4.75. The van der Waals surface area contributed by atoms with Crippen molar-refractivity contribution in [1.29, 1.82) is 0 Å². The average Bonchev–Trinajstić information content (AvgIpc) is 2.57. The van der Waals surface area contributed by atoms with Gasteiger partial charge in [0, 0.05) is 5.56 Å². The van der Waals surface area contributed by atoms with Gasteiger partial charge in [-0.25, -0.2) is 4.79 Å². The van der Waals surface area contributed by atoms with Gasteiger partial charge in [0.15, 0.2) is 0 Å². The number of halogens is 3. The summed E-state index contributed by atoms with van der Waals surface area (Å²) in [6, 6.07) is 4.69. The van der Waals surface area contributed by atoms with Crippen LogP contribution in [0.2, 0.25) is 0 Å². The summed E-state index contributed by atoms with van der Waals surface area (Å²) in [5.41, 5.74) is -0.235. The van der Waals surface area contributed by atoms with E-state index < -0.39 is 17.5 Å². The molecule has 0 fully saturated rings. The first-order valence-electron chi connectivity index (χ1n) is 4.75. The number of aryl methyl sites for hydroxylation is 1. The number of H-pyrrole nitrogens is 1. The predicted molar refractivity (Wildman–Crippen MR) is 54.5 cm³/mol. The van der Waals surface area contributed by atoms with E-state index in [0.29, 0.717) is 0 Å². The Balaban J connectivity index is 2.54. The summed E-state index contributed by atoms with van der Waals surface area (Å²) in [4.78, 5) is 13.3. The molecule has 0 aliphatic carbocycles. The van der Waals surface area contributed by atoms with Gasteiger partial charge in [-0.05, 0) is 19.1 Å². The minimum absolute atomic E-state index is 0.259. The van der Waals surface area contributed by atoms with Gasteiger partial charge in [-0.1, -0.05) is 12.1 Å². The molecule has 1 heterocycles. The summed E-state index contributed by atoms with van der Waals surface area (Å²) >= 11 is 0. The maximum Gasteiger partial charge on any atom is 0.416 e. The Morgan fingerprint density at radius 1 is 1.29 bits per heavy atom.